The first-order chi connectivity index (χ1) is 13.3. The summed E-state index contributed by atoms with van der Waals surface area (Å²) < 4.78 is 6.10. The van der Waals surface area contributed by atoms with Gasteiger partial charge in [0.15, 0.2) is 0 Å². The first-order valence-corrected chi connectivity index (χ1v) is 11.2. The Labute approximate surface area is 175 Å². The van der Waals surface area contributed by atoms with Crippen LogP contribution in [-0.4, -0.2) is 66.4 Å². The highest BCUT2D eigenvalue weighted by Gasteiger charge is 2.32. The molecule has 2 aliphatic rings. The molecule has 1 aromatic rings. The van der Waals surface area contributed by atoms with Crippen LogP contribution in [0.2, 0.25) is 5.02 Å². The average Bonchev–Trinajstić information content (AvgIpc) is 2.62. The zero-order valence-corrected chi connectivity index (χ0v) is 18.5. The topological polar surface area (TPSA) is 35.9 Å². The highest BCUT2D eigenvalue weighted by Crippen LogP contribution is 2.39. The maximum Gasteiger partial charge on any atom is 0.0900 e. The summed E-state index contributed by atoms with van der Waals surface area (Å²) in [4.78, 5) is 4.83. The number of rotatable bonds is 7. The van der Waals surface area contributed by atoms with Gasteiger partial charge < -0.3 is 9.84 Å². The van der Waals surface area contributed by atoms with Crippen molar-refractivity contribution in [1.82, 2.24) is 9.80 Å². The molecule has 28 heavy (non-hydrogen) atoms. The van der Waals surface area contributed by atoms with Crippen molar-refractivity contribution in [2.75, 3.05) is 39.3 Å². The molecule has 1 N–H and O–H groups in total. The highest BCUT2D eigenvalue weighted by atomic mass is 35.5. The molecule has 2 fully saturated rings. The van der Waals surface area contributed by atoms with Crippen molar-refractivity contribution >= 4 is 11.6 Å². The Morgan fingerprint density at radius 1 is 1.11 bits per heavy atom. The Kier molecular flexibility index (Phi) is 7.80. The van der Waals surface area contributed by atoms with Gasteiger partial charge in [0.1, 0.15) is 0 Å². The fourth-order valence-corrected chi connectivity index (χ4v) is 5.09. The van der Waals surface area contributed by atoms with E-state index in [0.717, 1.165) is 50.6 Å². The van der Waals surface area contributed by atoms with Crippen molar-refractivity contribution in [3.05, 3.63) is 34.9 Å². The quantitative estimate of drug-likeness (QED) is 0.738. The molecular formula is C23H37ClN2O2. The molecule has 0 bridgehead atoms. The molecule has 1 saturated heterocycles. The van der Waals surface area contributed by atoms with Crippen molar-refractivity contribution in [2.45, 2.75) is 58.8 Å². The first kappa shape index (κ1) is 22.0. The van der Waals surface area contributed by atoms with E-state index in [0.29, 0.717) is 30.6 Å². The van der Waals surface area contributed by atoms with Crippen LogP contribution in [0.15, 0.2) is 24.3 Å². The molecule has 1 aliphatic heterocycles. The Hall–Kier alpha value is -0.650. The minimum Gasteiger partial charge on any atom is -0.389 e. The number of benzene rings is 1. The molecule has 3 atom stereocenters. The van der Waals surface area contributed by atoms with Crippen LogP contribution in [-0.2, 0) is 11.3 Å². The lowest BCUT2D eigenvalue weighted by molar-refractivity contribution is -0.0634. The minimum absolute atomic E-state index is 0.296. The molecule has 158 valence electrons. The van der Waals surface area contributed by atoms with Crippen LogP contribution in [0.5, 0.6) is 0 Å². The van der Waals surface area contributed by atoms with E-state index in [2.05, 4.69) is 42.7 Å². The number of halogens is 1. The third-order valence-corrected chi connectivity index (χ3v) is 6.38. The summed E-state index contributed by atoms with van der Waals surface area (Å²) in [7, 11) is 0. The normalized spacial score (nSPS) is 27.6. The Morgan fingerprint density at radius 3 is 2.39 bits per heavy atom. The fourth-order valence-electron chi connectivity index (χ4n) is 4.96. The van der Waals surface area contributed by atoms with Crippen LogP contribution in [0.3, 0.4) is 0 Å². The summed E-state index contributed by atoms with van der Waals surface area (Å²) >= 11 is 5.96. The van der Waals surface area contributed by atoms with E-state index in [1.54, 1.807) is 0 Å². The van der Waals surface area contributed by atoms with E-state index in [1.807, 2.05) is 12.1 Å². The molecule has 1 aromatic carbocycles. The van der Waals surface area contributed by atoms with Crippen molar-refractivity contribution in [2.24, 2.45) is 11.3 Å². The third-order valence-electron chi connectivity index (χ3n) is 6.12. The largest absolute Gasteiger partial charge is 0.389 e. The fraction of sp³-hybridized carbons (Fsp3) is 0.739. The van der Waals surface area contributed by atoms with E-state index in [-0.39, 0.29) is 0 Å². The molecule has 0 aromatic heterocycles. The van der Waals surface area contributed by atoms with Crippen LogP contribution < -0.4 is 0 Å². The summed E-state index contributed by atoms with van der Waals surface area (Å²) in [6.45, 7) is 13.2. The van der Waals surface area contributed by atoms with Gasteiger partial charge in [-0.25, -0.2) is 0 Å². The van der Waals surface area contributed by atoms with Crippen LogP contribution in [0, 0.1) is 11.3 Å². The summed E-state index contributed by atoms with van der Waals surface area (Å²) in [6, 6.07) is 8.11. The van der Waals surface area contributed by atoms with Gasteiger partial charge in [0, 0.05) is 44.3 Å². The SMILES string of the molecule is C[C@@H]1C[C@@H](OC[C@H](O)CN2CCN(Cc3ccc(Cl)cc3)CC2)CC(C)(C)C1. The predicted molar refractivity (Wildman–Crippen MR) is 116 cm³/mol. The van der Waals surface area contributed by atoms with E-state index >= 15 is 0 Å². The maximum absolute atomic E-state index is 10.5. The molecule has 1 heterocycles. The molecule has 0 radical (unpaired) electrons. The smallest absolute Gasteiger partial charge is 0.0900 e. The third kappa shape index (κ3) is 7.00. The summed E-state index contributed by atoms with van der Waals surface area (Å²) in [5, 5.41) is 11.3. The number of aliphatic hydroxyl groups is 1. The molecule has 1 saturated carbocycles. The number of aliphatic hydroxyl groups excluding tert-OH is 1. The number of β-amino-alcohol motifs (C(OH)–C–C–N with tert-alkyl or cyclic N) is 1. The standard InChI is InChI=1S/C23H37ClN2O2/c1-18-12-22(14-23(2,3)13-18)28-17-21(27)16-26-10-8-25(9-11-26)15-19-4-6-20(24)7-5-19/h4-7,18,21-22,27H,8-17H2,1-3H3/t18-,21-,22-/m1/s1. The average molecular weight is 409 g/mol. The number of nitrogens with zero attached hydrogens (tertiary/aromatic N) is 2. The zero-order valence-electron chi connectivity index (χ0n) is 17.7. The molecular weight excluding hydrogens is 372 g/mol. The van der Waals surface area contributed by atoms with Crippen LogP contribution in [0.25, 0.3) is 0 Å². The van der Waals surface area contributed by atoms with Gasteiger partial charge in [-0.15, -0.1) is 0 Å². The second-order valence-electron chi connectivity index (χ2n) is 9.73. The summed E-state index contributed by atoms with van der Waals surface area (Å²) in [5.41, 5.74) is 1.66. The Morgan fingerprint density at radius 2 is 1.75 bits per heavy atom. The molecule has 1 aliphatic carbocycles. The summed E-state index contributed by atoms with van der Waals surface area (Å²) in [6.07, 6.45) is 3.40. The van der Waals surface area contributed by atoms with Crippen LogP contribution in [0.1, 0.15) is 45.6 Å². The number of hydrogen-bond donors (Lipinski definition) is 1. The van der Waals surface area contributed by atoms with E-state index in [9.17, 15) is 5.11 Å². The highest BCUT2D eigenvalue weighted by molar-refractivity contribution is 6.30. The molecule has 4 nitrogen and oxygen atoms in total. The molecule has 3 rings (SSSR count). The first-order valence-electron chi connectivity index (χ1n) is 10.8. The zero-order chi connectivity index (χ0) is 20.1. The van der Waals surface area contributed by atoms with Gasteiger partial charge in [-0.2, -0.15) is 0 Å². The van der Waals surface area contributed by atoms with Crippen LogP contribution in [0.4, 0.5) is 0 Å². The lowest BCUT2D eigenvalue weighted by Gasteiger charge is -2.39. The predicted octanol–water partition coefficient (Wildman–Crippen LogP) is 4.05. The van der Waals surface area contributed by atoms with Crippen LogP contribution >= 0.6 is 11.6 Å². The van der Waals surface area contributed by atoms with E-state index in [4.69, 9.17) is 16.3 Å². The number of ether oxygens (including phenoxy) is 1. The second-order valence-corrected chi connectivity index (χ2v) is 10.2. The van der Waals surface area contributed by atoms with Gasteiger partial charge in [0.2, 0.25) is 0 Å². The molecule has 5 heteroatoms. The minimum atomic E-state index is -0.400. The molecule has 0 unspecified atom stereocenters. The van der Waals surface area contributed by atoms with Gasteiger partial charge in [0.25, 0.3) is 0 Å². The lowest BCUT2D eigenvalue weighted by Crippen LogP contribution is -2.48. The molecule has 0 spiro atoms. The van der Waals surface area contributed by atoms with Crippen molar-refractivity contribution in [3.63, 3.8) is 0 Å². The maximum atomic E-state index is 10.5. The van der Waals surface area contributed by atoms with Gasteiger partial charge in [-0.05, 0) is 48.3 Å². The number of piperazine rings is 1. The van der Waals surface area contributed by atoms with E-state index in [1.165, 1.54) is 12.0 Å². The number of hydrogen-bond acceptors (Lipinski definition) is 4. The summed E-state index contributed by atoms with van der Waals surface area (Å²) in [5.74, 6) is 0.708. The van der Waals surface area contributed by atoms with E-state index < -0.39 is 6.10 Å². The van der Waals surface area contributed by atoms with Crippen molar-refractivity contribution < 1.29 is 9.84 Å². The second kappa shape index (κ2) is 9.90. The van der Waals surface area contributed by atoms with Gasteiger partial charge in [-0.3, -0.25) is 9.80 Å². The Balaban J connectivity index is 1.34. The lowest BCUT2D eigenvalue weighted by atomic mass is 9.71. The molecule has 0 amide bonds. The van der Waals surface area contributed by atoms with Gasteiger partial charge >= 0.3 is 0 Å². The van der Waals surface area contributed by atoms with Gasteiger partial charge in [-0.1, -0.05) is 44.5 Å². The Bertz CT molecular complexity index is 599. The monoisotopic (exact) mass is 408 g/mol. The van der Waals surface area contributed by atoms with Crippen molar-refractivity contribution in [3.8, 4) is 0 Å². The van der Waals surface area contributed by atoms with Gasteiger partial charge in [0.05, 0.1) is 18.8 Å². The van der Waals surface area contributed by atoms with Crippen molar-refractivity contribution in [1.29, 1.82) is 0 Å².